The molecule has 0 radical (unpaired) electrons. The lowest BCUT2D eigenvalue weighted by Crippen LogP contribution is -2.47. The number of sulfonamides is 1. The van der Waals surface area contributed by atoms with Crippen LogP contribution in [0.2, 0.25) is 0 Å². The third kappa shape index (κ3) is 7.10. The van der Waals surface area contributed by atoms with Gasteiger partial charge in [0.25, 0.3) is 0 Å². The highest BCUT2D eigenvalue weighted by Crippen LogP contribution is 2.37. The lowest BCUT2D eigenvalue weighted by atomic mass is 9.88. The molecule has 42 heavy (non-hydrogen) atoms. The van der Waals surface area contributed by atoms with E-state index >= 15 is 0 Å². The fraction of sp³-hybridized carbons (Fsp3) is 0.483. The van der Waals surface area contributed by atoms with E-state index in [4.69, 9.17) is 14.6 Å². The van der Waals surface area contributed by atoms with Crippen molar-refractivity contribution in [2.45, 2.75) is 53.2 Å². The van der Waals surface area contributed by atoms with Gasteiger partial charge in [0.2, 0.25) is 10.0 Å². The Morgan fingerprint density at radius 1 is 1.07 bits per heavy atom. The monoisotopic (exact) mass is 619 g/mol. The Balaban J connectivity index is 1.08. The van der Waals surface area contributed by atoms with E-state index in [1.807, 2.05) is 6.07 Å². The average Bonchev–Trinajstić information content (AvgIpc) is 3.40. The number of ether oxygens (including phenoxy) is 2. The van der Waals surface area contributed by atoms with E-state index in [2.05, 4.69) is 10.3 Å². The zero-order chi connectivity index (χ0) is 29.8. The number of aliphatic hydroxyl groups is 2. The SMILES string of the molecule is O=S(=O)(CCCO)c1cccc(OCC(O)CN[C@H]2COC3(CCN(S(=O)(=O)c4ccc5ncccc5c4)CC3)C2)c1. The minimum Gasteiger partial charge on any atom is -0.491 e. The maximum Gasteiger partial charge on any atom is 0.243 e. The van der Waals surface area contributed by atoms with Gasteiger partial charge in [0, 0.05) is 43.9 Å². The molecule has 228 valence electrons. The largest absolute Gasteiger partial charge is 0.491 e. The van der Waals surface area contributed by atoms with E-state index in [1.165, 1.54) is 16.4 Å². The van der Waals surface area contributed by atoms with E-state index < -0.39 is 31.6 Å². The maximum absolute atomic E-state index is 13.3. The van der Waals surface area contributed by atoms with Gasteiger partial charge >= 0.3 is 0 Å². The van der Waals surface area contributed by atoms with Crippen molar-refractivity contribution in [3.8, 4) is 5.75 Å². The molecule has 2 fully saturated rings. The third-order valence-electron chi connectivity index (χ3n) is 7.88. The first-order valence-electron chi connectivity index (χ1n) is 14.1. The molecule has 3 heterocycles. The molecule has 1 spiro atoms. The Hall–Kier alpha value is -2.65. The number of pyridine rings is 1. The van der Waals surface area contributed by atoms with Crippen LogP contribution in [0.1, 0.15) is 25.7 Å². The van der Waals surface area contributed by atoms with E-state index in [9.17, 15) is 21.9 Å². The number of aliphatic hydroxyl groups excluding tert-OH is 2. The molecule has 0 aliphatic carbocycles. The van der Waals surface area contributed by atoms with Gasteiger partial charge in [-0.3, -0.25) is 4.98 Å². The van der Waals surface area contributed by atoms with E-state index in [0.29, 0.717) is 44.7 Å². The fourth-order valence-electron chi connectivity index (χ4n) is 5.51. The van der Waals surface area contributed by atoms with Gasteiger partial charge in [-0.15, -0.1) is 0 Å². The summed E-state index contributed by atoms with van der Waals surface area (Å²) in [4.78, 5) is 4.64. The van der Waals surface area contributed by atoms with Gasteiger partial charge < -0.3 is 25.0 Å². The molecule has 5 rings (SSSR count). The lowest BCUT2D eigenvalue weighted by molar-refractivity contribution is -0.0312. The third-order valence-corrected chi connectivity index (χ3v) is 11.6. The van der Waals surface area contributed by atoms with Gasteiger partial charge in [-0.2, -0.15) is 4.31 Å². The Labute approximate surface area is 246 Å². The number of nitrogens with one attached hydrogen (secondary N) is 1. The number of piperidine rings is 1. The van der Waals surface area contributed by atoms with Crippen molar-refractivity contribution in [2.24, 2.45) is 0 Å². The first-order chi connectivity index (χ1) is 20.1. The van der Waals surface area contributed by atoms with Crippen LogP contribution in [0.4, 0.5) is 0 Å². The summed E-state index contributed by atoms with van der Waals surface area (Å²) in [6.45, 7) is 1.23. The first-order valence-corrected chi connectivity index (χ1v) is 17.2. The van der Waals surface area contributed by atoms with Crippen molar-refractivity contribution in [2.75, 3.05) is 45.2 Å². The van der Waals surface area contributed by atoms with E-state index in [1.54, 1.807) is 42.6 Å². The molecule has 1 unspecified atom stereocenters. The molecule has 2 atom stereocenters. The lowest BCUT2D eigenvalue weighted by Gasteiger charge is -2.38. The molecule has 0 saturated carbocycles. The quantitative estimate of drug-likeness (QED) is 0.273. The zero-order valence-electron chi connectivity index (χ0n) is 23.3. The van der Waals surface area contributed by atoms with Crippen LogP contribution >= 0.6 is 0 Å². The zero-order valence-corrected chi connectivity index (χ0v) is 24.9. The summed E-state index contributed by atoms with van der Waals surface area (Å²) in [6, 6.07) is 14.8. The summed E-state index contributed by atoms with van der Waals surface area (Å²) in [5.41, 5.74) is 0.346. The molecule has 13 heteroatoms. The van der Waals surface area contributed by atoms with Gasteiger partial charge in [0.05, 0.1) is 33.3 Å². The van der Waals surface area contributed by atoms with Crippen molar-refractivity contribution < 1.29 is 36.5 Å². The molecule has 2 aromatic carbocycles. The van der Waals surface area contributed by atoms with Crippen LogP contribution in [0.15, 0.2) is 70.6 Å². The van der Waals surface area contributed by atoms with E-state index in [0.717, 1.165) is 10.9 Å². The van der Waals surface area contributed by atoms with Crippen molar-refractivity contribution in [1.29, 1.82) is 0 Å². The Kier molecular flexibility index (Phi) is 9.47. The second-order valence-corrected chi connectivity index (χ2v) is 14.9. The second-order valence-electron chi connectivity index (χ2n) is 10.9. The molecular weight excluding hydrogens is 582 g/mol. The number of hydrogen-bond acceptors (Lipinski definition) is 10. The van der Waals surface area contributed by atoms with Crippen LogP contribution in [0.5, 0.6) is 5.75 Å². The number of fused-ring (bicyclic) bond motifs is 1. The minimum atomic E-state index is -3.64. The van der Waals surface area contributed by atoms with E-state index in [-0.39, 0.29) is 47.8 Å². The van der Waals surface area contributed by atoms with Crippen LogP contribution in [-0.2, 0) is 24.6 Å². The number of sulfone groups is 1. The van der Waals surface area contributed by atoms with Crippen molar-refractivity contribution in [3.63, 3.8) is 0 Å². The van der Waals surface area contributed by atoms with Crippen molar-refractivity contribution in [3.05, 3.63) is 60.8 Å². The van der Waals surface area contributed by atoms with Gasteiger partial charge in [-0.1, -0.05) is 12.1 Å². The normalized spacial score (nSPS) is 20.2. The number of nitrogens with zero attached hydrogens (tertiary/aromatic N) is 2. The summed E-state index contributed by atoms with van der Waals surface area (Å²) in [5, 5.41) is 23.5. The molecule has 11 nitrogen and oxygen atoms in total. The van der Waals surface area contributed by atoms with Gasteiger partial charge in [-0.25, -0.2) is 16.8 Å². The summed E-state index contributed by atoms with van der Waals surface area (Å²) in [7, 11) is -7.16. The maximum atomic E-state index is 13.3. The fourth-order valence-corrected chi connectivity index (χ4v) is 8.31. The van der Waals surface area contributed by atoms with Crippen LogP contribution in [0, 0.1) is 0 Å². The summed E-state index contributed by atoms with van der Waals surface area (Å²) >= 11 is 0. The minimum absolute atomic E-state index is 0.00999. The Bertz CT molecular complexity index is 1590. The van der Waals surface area contributed by atoms with Gasteiger partial charge in [0.1, 0.15) is 18.5 Å². The summed E-state index contributed by atoms with van der Waals surface area (Å²) < 4.78 is 64.7. The first kappa shape index (κ1) is 30.8. The number of rotatable bonds is 12. The molecule has 2 aliphatic heterocycles. The predicted octanol–water partition coefficient (Wildman–Crippen LogP) is 1.73. The van der Waals surface area contributed by atoms with Gasteiger partial charge in [0.15, 0.2) is 9.84 Å². The molecule has 0 bridgehead atoms. The molecule has 1 aromatic heterocycles. The highest BCUT2D eigenvalue weighted by atomic mass is 32.2. The highest BCUT2D eigenvalue weighted by Gasteiger charge is 2.44. The molecule has 2 saturated heterocycles. The average molecular weight is 620 g/mol. The Morgan fingerprint density at radius 2 is 1.88 bits per heavy atom. The molecule has 3 aromatic rings. The van der Waals surface area contributed by atoms with Crippen LogP contribution < -0.4 is 10.1 Å². The topological polar surface area (TPSA) is 155 Å². The standard InChI is InChI=1S/C29H37N3O8S2/c33-14-3-15-41(35,36)26-6-1-5-25(17-26)39-21-24(34)19-31-23-18-29(40-20-23)9-12-32(13-10-29)42(37,38)27-7-8-28-22(16-27)4-2-11-30-28/h1-2,4-8,11,16-17,23-24,31,33-34H,3,9-10,12-15,18-21H2/t23-,24?/m1/s1. The van der Waals surface area contributed by atoms with Crippen molar-refractivity contribution in [1.82, 2.24) is 14.6 Å². The highest BCUT2D eigenvalue weighted by molar-refractivity contribution is 7.91. The van der Waals surface area contributed by atoms with Crippen LogP contribution in [-0.4, -0.2) is 99.3 Å². The summed E-state index contributed by atoms with van der Waals surface area (Å²) in [5.74, 6) is 0.185. The molecule has 0 amide bonds. The second kappa shape index (κ2) is 12.9. The predicted molar refractivity (Wildman–Crippen MR) is 157 cm³/mol. The molecular formula is C29H37N3O8S2. The van der Waals surface area contributed by atoms with Gasteiger partial charge in [-0.05, 0) is 68.1 Å². The van der Waals surface area contributed by atoms with Crippen LogP contribution in [0.3, 0.4) is 0 Å². The smallest absolute Gasteiger partial charge is 0.243 e. The number of aromatic nitrogens is 1. The Morgan fingerprint density at radius 3 is 2.67 bits per heavy atom. The number of hydrogen-bond donors (Lipinski definition) is 3. The molecule has 2 aliphatic rings. The van der Waals surface area contributed by atoms with Crippen molar-refractivity contribution >= 4 is 30.8 Å². The van der Waals surface area contributed by atoms with Crippen LogP contribution in [0.25, 0.3) is 10.9 Å². The summed E-state index contributed by atoms with van der Waals surface area (Å²) in [6.07, 6.45) is 2.89. The number of benzene rings is 2. The molecule has 3 N–H and O–H groups in total.